The number of carbonyl (C=O) groups is 1. The molecule has 3 aromatic rings. The third kappa shape index (κ3) is 6.93. The van der Waals surface area contributed by atoms with Crippen LogP contribution in [0.5, 0.6) is 5.75 Å². The summed E-state index contributed by atoms with van der Waals surface area (Å²) >= 11 is 1.86. The highest BCUT2D eigenvalue weighted by Gasteiger charge is 2.27. The number of nitrogens with zero attached hydrogens (tertiary/aromatic N) is 2. The first-order valence-corrected chi connectivity index (χ1v) is 14.7. The van der Waals surface area contributed by atoms with Crippen molar-refractivity contribution in [1.29, 1.82) is 0 Å². The molecule has 1 N–H and O–H groups in total. The van der Waals surface area contributed by atoms with Crippen LogP contribution in [0.25, 0.3) is 0 Å². The lowest BCUT2D eigenvalue weighted by Gasteiger charge is -2.25. The van der Waals surface area contributed by atoms with Crippen molar-refractivity contribution in [3.8, 4) is 5.75 Å². The molecule has 1 fully saturated rings. The monoisotopic (exact) mass is 537 g/mol. The Kier molecular flexibility index (Phi) is 8.56. The number of rotatable bonds is 10. The fourth-order valence-corrected chi connectivity index (χ4v) is 5.61. The fraction of sp³-hybridized carbons (Fsp3) is 0.286. The van der Waals surface area contributed by atoms with Crippen molar-refractivity contribution in [2.75, 3.05) is 22.4 Å². The zero-order chi connectivity index (χ0) is 26.4. The maximum absolute atomic E-state index is 13.5. The number of hydrogen-bond donors (Lipinski definition) is 1. The molecule has 194 valence electrons. The van der Waals surface area contributed by atoms with E-state index in [4.69, 9.17) is 4.74 Å². The Morgan fingerprint density at radius 3 is 2.27 bits per heavy atom. The molecule has 0 aliphatic carbocycles. The van der Waals surface area contributed by atoms with Gasteiger partial charge in [-0.1, -0.05) is 43.7 Å². The Bertz CT molecular complexity index is 1330. The molecule has 0 atom stereocenters. The van der Waals surface area contributed by atoms with E-state index in [1.54, 1.807) is 36.4 Å². The van der Waals surface area contributed by atoms with Gasteiger partial charge in [0, 0.05) is 11.5 Å². The number of aryl methyl sites for hydroxylation is 1. The van der Waals surface area contributed by atoms with Crippen molar-refractivity contribution < 1.29 is 17.9 Å². The Morgan fingerprint density at radius 2 is 1.70 bits per heavy atom. The van der Waals surface area contributed by atoms with Gasteiger partial charge in [0.05, 0.1) is 16.8 Å². The van der Waals surface area contributed by atoms with Gasteiger partial charge in [0.2, 0.25) is 0 Å². The van der Waals surface area contributed by atoms with Crippen LogP contribution in [-0.4, -0.2) is 44.7 Å². The minimum absolute atomic E-state index is 0.116. The fourth-order valence-electron chi connectivity index (χ4n) is 3.63. The lowest BCUT2D eigenvalue weighted by atomic mass is 10.0. The van der Waals surface area contributed by atoms with E-state index in [1.165, 1.54) is 6.21 Å². The molecule has 3 aromatic carbocycles. The normalized spacial score (nSPS) is 13.9. The van der Waals surface area contributed by atoms with Crippen LogP contribution in [0.4, 0.5) is 5.69 Å². The largest absolute Gasteiger partial charge is 0.489 e. The number of ether oxygens (including phenoxy) is 1. The van der Waals surface area contributed by atoms with E-state index in [0.717, 1.165) is 38.3 Å². The molecule has 9 heteroatoms. The van der Waals surface area contributed by atoms with Gasteiger partial charge >= 0.3 is 0 Å². The summed E-state index contributed by atoms with van der Waals surface area (Å²) in [4.78, 5) is 12.9. The molecular weight excluding hydrogens is 506 g/mol. The summed E-state index contributed by atoms with van der Waals surface area (Å²) in [5, 5.41) is 4.02. The van der Waals surface area contributed by atoms with Crippen LogP contribution in [-0.2, 0) is 14.8 Å². The highest BCUT2D eigenvalue weighted by molar-refractivity contribution is 8.00. The van der Waals surface area contributed by atoms with E-state index in [1.807, 2.05) is 55.1 Å². The molecule has 4 rings (SSSR count). The number of anilines is 1. The maximum atomic E-state index is 13.5. The topological polar surface area (TPSA) is 88.1 Å². The zero-order valence-electron chi connectivity index (χ0n) is 21.1. The first-order chi connectivity index (χ1) is 17.7. The van der Waals surface area contributed by atoms with Crippen LogP contribution in [0.1, 0.15) is 36.5 Å². The number of amides is 1. The predicted octanol–water partition coefficient (Wildman–Crippen LogP) is 4.96. The van der Waals surface area contributed by atoms with E-state index in [0.29, 0.717) is 11.6 Å². The summed E-state index contributed by atoms with van der Waals surface area (Å²) in [6, 6.07) is 21.2. The number of thioether (sulfide) groups is 1. The number of sulfonamides is 1. The molecule has 1 saturated heterocycles. The molecule has 1 amide bonds. The van der Waals surface area contributed by atoms with Gasteiger partial charge in [0.15, 0.2) is 0 Å². The van der Waals surface area contributed by atoms with Gasteiger partial charge in [-0.25, -0.2) is 13.8 Å². The van der Waals surface area contributed by atoms with Gasteiger partial charge in [0.25, 0.3) is 15.9 Å². The average Bonchev–Trinajstić information content (AvgIpc) is 2.86. The van der Waals surface area contributed by atoms with Crippen LogP contribution in [0.15, 0.2) is 82.8 Å². The van der Waals surface area contributed by atoms with Crippen molar-refractivity contribution in [3.05, 3.63) is 89.5 Å². The third-order valence-electron chi connectivity index (χ3n) is 5.94. The van der Waals surface area contributed by atoms with Gasteiger partial charge in [0.1, 0.15) is 18.4 Å². The molecule has 0 bridgehead atoms. The molecule has 0 radical (unpaired) electrons. The number of carbonyl (C=O) groups excluding carboxylic acids is 1. The van der Waals surface area contributed by atoms with Crippen molar-refractivity contribution >= 4 is 39.6 Å². The van der Waals surface area contributed by atoms with Gasteiger partial charge < -0.3 is 4.74 Å². The summed E-state index contributed by atoms with van der Waals surface area (Å²) in [6.45, 7) is 5.60. The summed E-state index contributed by atoms with van der Waals surface area (Å²) < 4.78 is 34.0. The molecule has 0 spiro atoms. The van der Waals surface area contributed by atoms with Crippen molar-refractivity contribution in [1.82, 2.24) is 5.43 Å². The Hall–Kier alpha value is -3.30. The first-order valence-electron chi connectivity index (χ1n) is 12.1. The highest BCUT2D eigenvalue weighted by atomic mass is 32.2. The number of hydrazone groups is 1. The Balaban J connectivity index is 1.47. The Morgan fingerprint density at radius 1 is 1.05 bits per heavy atom. The summed E-state index contributed by atoms with van der Waals surface area (Å²) in [5.74, 6) is 2.56. The van der Waals surface area contributed by atoms with Crippen molar-refractivity contribution in [2.24, 2.45) is 5.10 Å². The molecule has 0 saturated carbocycles. The van der Waals surface area contributed by atoms with Crippen LogP contribution >= 0.6 is 11.8 Å². The van der Waals surface area contributed by atoms with Crippen LogP contribution in [0.3, 0.4) is 0 Å². The second kappa shape index (κ2) is 11.8. The molecule has 1 aliphatic heterocycles. The lowest BCUT2D eigenvalue weighted by Crippen LogP contribution is -2.39. The molecule has 1 aliphatic rings. The lowest BCUT2D eigenvalue weighted by molar-refractivity contribution is -0.119. The van der Waals surface area contributed by atoms with Gasteiger partial charge in [-0.05, 0) is 72.5 Å². The molecule has 0 unspecified atom stereocenters. The van der Waals surface area contributed by atoms with Gasteiger partial charge in [-0.3, -0.25) is 9.10 Å². The molecule has 0 aromatic heterocycles. The predicted molar refractivity (Wildman–Crippen MR) is 150 cm³/mol. The summed E-state index contributed by atoms with van der Waals surface area (Å²) in [7, 11) is -3.98. The van der Waals surface area contributed by atoms with E-state index in [2.05, 4.69) is 24.4 Å². The maximum Gasteiger partial charge on any atom is 0.264 e. The van der Waals surface area contributed by atoms with Crippen LogP contribution < -0.4 is 14.5 Å². The molecule has 7 nitrogen and oxygen atoms in total. The second-order valence-electron chi connectivity index (χ2n) is 9.21. The molecule has 1 heterocycles. The van der Waals surface area contributed by atoms with Crippen molar-refractivity contribution in [2.45, 2.75) is 37.7 Å². The SMILES string of the molecule is Cc1ccc(S(=O)(=O)N(CC(=O)N/N=C\c2ccc(OC3CSC3)cc2)c2ccc(C(C)C)cc2)cc1. The minimum Gasteiger partial charge on any atom is -0.489 e. The number of benzene rings is 3. The van der Waals surface area contributed by atoms with E-state index < -0.39 is 22.5 Å². The summed E-state index contributed by atoms with van der Waals surface area (Å²) in [5.41, 5.74) is 5.66. The van der Waals surface area contributed by atoms with E-state index in [9.17, 15) is 13.2 Å². The van der Waals surface area contributed by atoms with Crippen molar-refractivity contribution in [3.63, 3.8) is 0 Å². The zero-order valence-corrected chi connectivity index (χ0v) is 22.8. The number of hydrogen-bond acceptors (Lipinski definition) is 6. The van der Waals surface area contributed by atoms with E-state index >= 15 is 0 Å². The molecule has 37 heavy (non-hydrogen) atoms. The Labute approximate surface area is 223 Å². The number of nitrogens with one attached hydrogen (secondary N) is 1. The standard InChI is InChI=1S/C28H31N3O4S2/c1-20(2)23-8-10-24(11-9-23)31(37(33,34)27-14-4-21(3)5-15-27)17-28(32)30-29-16-22-6-12-25(13-7-22)35-26-18-36-19-26/h4-16,20,26H,17-19H2,1-3H3,(H,30,32)/b29-16-. The minimum atomic E-state index is -3.98. The summed E-state index contributed by atoms with van der Waals surface area (Å²) in [6.07, 6.45) is 1.78. The smallest absolute Gasteiger partial charge is 0.264 e. The van der Waals surface area contributed by atoms with Crippen LogP contribution in [0.2, 0.25) is 0 Å². The first kappa shape index (κ1) is 26.8. The molecular formula is C28H31N3O4S2. The van der Waals surface area contributed by atoms with E-state index in [-0.39, 0.29) is 11.0 Å². The van der Waals surface area contributed by atoms with Crippen LogP contribution in [0, 0.1) is 6.92 Å². The second-order valence-corrected chi connectivity index (χ2v) is 12.1. The average molecular weight is 538 g/mol. The van der Waals surface area contributed by atoms with Gasteiger partial charge in [-0.2, -0.15) is 16.9 Å². The quantitative estimate of drug-likeness (QED) is 0.292. The van der Waals surface area contributed by atoms with Gasteiger partial charge in [-0.15, -0.1) is 0 Å². The highest BCUT2D eigenvalue weighted by Crippen LogP contribution is 2.26. The third-order valence-corrected chi connectivity index (χ3v) is 8.94.